The van der Waals surface area contributed by atoms with Crippen LogP contribution in [0, 0.1) is 0 Å². The van der Waals surface area contributed by atoms with Crippen molar-refractivity contribution in [3.05, 3.63) is 56.5 Å². The summed E-state index contributed by atoms with van der Waals surface area (Å²) in [6.45, 7) is 0. The standard InChI is InChI=1S/C13H8BrCl3O/c14-10-5-8(7-15)1-4-12(10)18-13-6-9(16)2-3-11(13)17/h1-6H,7H2. The van der Waals surface area contributed by atoms with E-state index < -0.39 is 0 Å². The van der Waals surface area contributed by atoms with Gasteiger partial charge in [0.2, 0.25) is 0 Å². The van der Waals surface area contributed by atoms with Crippen LogP contribution in [0.25, 0.3) is 0 Å². The normalized spacial score (nSPS) is 10.4. The Labute approximate surface area is 129 Å². The second-order valence-corrected chi connectivity index (χ2v) is 5.54. The highest BCUT2D eigenvalue weighted by atomic mass is 79.9. The lowest BCUT2D eigenvalue weighted by molar-refractivity contribution is 0.480. The summed E-state index contributed by atoms with van der Waals surface area (Å²) in [5, 5.41) is 1.08. The lowest BCUT2D eigenvalue weighted by Gasteiger charge is -2.10. The molecule has 0 saturated heterocycles. The molecule has 0 spiro atoms. The molecule has 0 saturated carbocycles. The third kappa shape index (κ3) is 3.33. The van der Waals surface area contributed by atoms with Gasteiger partial charge >= 0.3 is 0 Å². The maximum atomic E-state index is 6.04. The Morgan fingerprint density at radius 1 is 1.00 bits per heavy atom. The molecule has 94 valence electrons. The van der Waals surface area contributed by atoms with Gasteiger partial charge in [-0.3, -0.25) is 0 Å². The first-order chi connectivity index (χ1) is 8.60. The number of rotatable bonds is 3. The van der Waals surface area contributed by atoms with E-state index >= 15 is 0 Å². The average Bonchev–Trinajstić information content (AvgIpc) is 2.36. The van der Waals surface area contributed by atoms with Crippen molar-refractivity contribution in [2.75, 3.05) is 0 Å². The Kier molecular flexibility index (Phi) is 4.79. The first-order valence-electron chi connectivity index (χ1n) is 5.07. The summed E-state index contributed by atoms with van der Waals surface area (Å²) < 4.78 is 6.53. The minimum absolute atomic E-state index is 0.455. The number of alkyl halides is 1. The molecule has 0 unspecified atom stereocenters. The SMILES string of the molecule is ClCc1ccc(Oc2cc(Cl)ccc2Cl)c(Br)c1. The summed E-state index contributed by atoms with van der Waals surface area (Å²) in [5.41, 5.74) is 1.01. The van der Waals surface area contributed by atoms with E-state index in [9.17, 15) is 0 Å². The number of ether oxygens (including phenoxy) is 1. The number of benzene rings is 2. The minimum atomic E-state index is 0.455. The van der Waals surface area contributed by atoms with E-state index in [1.807, 2.05) is 18.2 Å². The molecule has 5 heteroatoms. The van der Waals surface area contributed by atoms with Crippen LogP contribution < -0.4 is 4.74 Å². The molecule has 0 amide bonds. The Bertz CT molecular complexity index is 572. The molecule has 2 aromatic carbocycles. The molecule has 0 heterocycles. The van der Waals surface area contributed by atoms with Crippen molar-refractivity contribution in [2.45, 2.75) is 5.88 Å². The Hall–Kier alpha value is -0.410. The van der Waals surface area contributed by atoms with Gasteiger partial charge < -0.3 is 4.74 Å². The lowest BCUT2D eigenvalue weighted by Crippen LogP contribution is -1.88. The van der Waals surface area contributed by atoms with Crippen molar-refractivity contribution >= 4 is 50.7 Å². The van der Waals surface area contributed by atoms with Gasteiger partial charge in [0, 0.05) is 17.0 Å². The fourth-order valence-corrected chi connectivity index (χ4v) is 2.38. The summed E-state index contributed by atoms with van der Waals surface area (Å²) in [7, 11) is 0. The molecule has 0 bridgehead atoms. The van der Waals surface area contributed by atoms with Crippen LogP contribution in [0.2, 0.25) is 10.0 Å². The zero-order valence-electron chi connectivity index (χ0n) is 9.09. The second-order valence-electron chi connectivity index (χ2n) is 3.58. The van der Waals surface area contributed by atoms with E-state index in [0.717, 1.165) is 10.0 Å². The molecule has 0 aliphatic heterocycles. The molecule has 18 heavy (non-hydrogen) atoms. The zero-order chi connectivity index (χ0) is 13.1. The molecule has 0 fully saturated rings. The van der Waals surface area contributed by atoms with Crippen LogP contribution in [0.3, 0.4) is 0 Å². The van der Waals surface area contributed by atoms with Crippen LogP contribution in [-0.4, -0.2) is 0 Å². The Morgan fingerprint density at radius 3 is 2.44 bits per heavy atom. The maximum absolute atomic E-state index is 6.04. The van der Waals surface area contributed by atoms with Gasteiger partial charge in [-0.25, -0.2) is 0 Å². The lowest BCUT2D eigenvalue weighted by atomic mass is 10.2. The highest BCUT2D eigenvalue weighted by molar-refractivity contribution is 9.10. The van der Waals surface area contributed by atoms with E-state index in [1.165, 1.54) is 0 Å². The quantitative estimate of drug-likeness (QED) is 0.580. The van der Waals surface area contributed by atoms with E-state index in [2.05, 4.69) is 15.9 Å². The molecule has 0 N–H and O–H groups in total. The summed E-state index contributed by atoms with van der Waals surface area (Å²) in [5.74, 6) is 1.63. The third-order valence-electron chi connectivity index (χ3n) is 2.26. The fraction of sp³-hybridized carbons (Fsp3) is 0.0769. The highest BCUT2D eigenvalue weighted by Crippen LogP contribution is 2.35. The van der Waals surface area contributed by atoms with Crippen molar-refractivity contribution in [3.8, 4) is 11.5 Å². The predicted octanol–water partition coefficient (Wildman–Crippen LogP) is 6.29. The number of hydrogen-bond acceptors (Lipinski definition) is 1. The van der Waals surface area contributed by atoms with Gasteiger partial charge in [-0.2, -0.15) is 0 Å². The van der Waals surface area contributed by atoms with Gasteiger partial charge in [0.1, 0.15) is 11.5 Å². The van der Waals surface area contributed by atoms with Gasteiger partial charge in [0.05, 0.1) is 9.50 Å². The van der Waals surface area contributed by atoms with Crippen LogP contribution in [0.1, 0.15) is 5.56 Å². The summed E-state index contributed by atoms with van der Waals surface area (Å²) in [6, 6.07) is 10.7. The molecule has 0 aromatic heterocycles. The van der Waals surface area contributed by atoms with Gasteiger partial charge in [-0.1, -0.05) is 29.3 Å². The molecule has 1 nitrogen and oxygen atoms in total. The van der Waals surface area contributed by atoms with Crippen molar-refractivity contribution in [1.82, 2.24) is 0 Å². The summed E-state index contributed by atoms with van der Waals surface area (Å²) in [6.07, 6.45) is 0. The third-order valence-corrected chi connectivity index (χ3v) is 3.74. The van der Waals surface area contributed by atoms with Crippen molar-refractivity contribution in [1.29, 1.82) is 0 Å². The van der Waals surface area contributed by atoms with Crippen LogP contribution in [0.15, 0.2) is 40.9 Å². The number of hydrogen-bond donors (Lipinski definition) is 0. The van der Waals surface area contributed by atoms with Gasteiger partial charge in [0.15, 0.2) is 0 Å². The topological polar surface area (TPSA) is 9.23 Å². The maximum Gasteiger partial charge on any atom is 0.147 e. The molecular weight excluding hydrogens is 358 g/mol. The van der Waals surface area contributed by atoms with Gasteiger partial charge in [-0.05, 0) is 45.8 Å². The number of halogens is 4. The highest BCUT2D eigenvalue weighted by Gasteiger charge is 2.07. The summed E-state index contributed by atoms with van der Waals surface area (Å²) >= 11 is 21.1. The Morgan fingerprint density at radius 2 is 1.78 bits per heavy atom. The summed E-state index contributed by atoms with van der Waals surface area (Å²) in [4.78, 5) is 0. The van der Waals surface area contributed by atoms with Crippen molar-refractivity contribution in [2.24, 2.45) is 0 Å². The minimum Gasteiger partial charge on any atom is -0.455 e. The molecule has 0 aliphatic carbocycles. The molecule has 0 radical (unpaired) electrons. The largest absolute Gasteiger partial charge is 0.455 e. The molecule has 2 aromatic rings. The second kappa shape index (κ2) is 6.16. The van der Waals surface area contributed by atoms with E-state index in [4.69, 9.17) is 39.5 Å². The van der Waals surface area contributed by atoms with Gasteiger partial charge in [-0.15, -0.1) is 11.6 Å². The smallest absolute Gasteiger partial charge is 0.147 e. The molecule has 0 atom stereocenters. The van der Waals surface area contributed by atoms with Crippen LogP contribution in [-0.2, 0) is 5.88 Å². The predicted molar refractivity (Wildman–Crippen MR) is 80.2 cm³/mol. The van der Waals surface area contributed by atoms with Crippen molar-refractivity contribution in [3.63, 3.8) is 0 Å². The first-order valence-corrected chi connectivity index (χ1v) is 7.16. The van der Waals surface area contributed by atoms with E-state index in [1.54, 1.807) is 18.2 Å². The first kappa shape index (κ1) is 14.0. The van der Waals surface area contributed by atoms with Crippen LogP contribution in [0.5, 0.6) is 11.5 Å². The van der Waals surface area contributed by atoms with Crippen LogP contribution >= 0.6 is 50.7 Å². The van der Waals surface area contributed by atoms with E-state index in [0.29, 0.717) is 27.4 Å². The Balaban J connectivity index is 2.31. The van der Waals surface area contributed by atoms with Gasteiger partial charge in [0.25, 0.3) is 0 Å². The van der Waals surface area contributed by atoms with E-state index in [-0.39, 0.29) is 0 Å². The van der Waals surface area contributed by atoms with Crippen molar-refractivity contribution < 1.29 is 4.74 Å². The molecular formula is C13H8BrCl3O. The fourth-order valence-electron chi connectivity index (χ4n) is 1.38. The average molecular weight is 366 g/mol. The van der Waals surface area contributed by atoms with Crippen LogP contribution in [0.4, 0.5) is 0 Å². The zero-order valence-corrected chi connectivity index (χ0v) is 12.9. The molecule has 0 aliphatic rings. The monoisotopic (exact) mass is 364 g/mol. The molecule has 2 rings (SSSR count).